The van der Waals surface area contributed by atoms with E-state index < -0.39 is 0 Å². The van der Waals surface area contributed by atoms with Crippen LogP contribution in [-0.4, -0.2) is 6.61 Å². The molecule has 1 atom stereocenters. The lowest BCUT2D eigenvalue weighted by atomic mass is 9.72. The minimum absolute atomic E-state index is 0.760. The van der Waals surface area contributed by atoms with E-state index in [-0.39, 0.29) is 0 Å². The van der Waals surface area contributed by atoms with Gasteiger partial charge < -0.3 is 4.74 Å². The lowest BCUT2D eigenvalue weighted by molar-refractivity contribution is 0.218. The molecule has 3 rings (SSSR count). The molecule has 0 heterocycles. The predicted octanol–water partition coefficient (Wildman–Crippen LogP) is 9.38. The first-order chi connectivity index (χ1) is 15.3. The summed E-state index contributed by atoms with van der Waals surface area (Å²) in [4.78, 5) is 0. The number of unbranched alkanes of at least 4 members (excludes halogenated alkanes) is 6. The van der Waals surface area contributed by atoms with E-state index in [9.17, 15) is 0 Å². The highest BCUT2D eigenvalue weighted by Gasteiger charge is 2.26. The molecule has 0 bridgehead atoms. The Balaban J connectivity index is 1.36. The largest absolute Gasteiger partial charge is 0.494 e. The number of ether oxygens (including phenoxy) is 1. The number of allylic oxidation sites excluding steroid dienone is 4. The van der Waals surface area contributed by atoms with Crippen LogP contribution in [0.5, 0.6) is 5.75 Å². The molecule has 1 aromatic carbocycles. The Morgan fingerprint density at radius 1 is 0.806 bits per heavy atom. The van der Waals surface area contributed by atoms with Crippen LogP contribution in [0.2, 0.25) is 0 Å². The molecule has 0 saturated heterocycles. The normalized spacial score (nSPS) is 23.5. The van der Waals surface area contributed by atoms with Crippen molar-refractivity contribution in [2.24, 2.45) is 17.8 Å². The maximum absolute atomic E-state index is 5.80. The van der Waals surface area contributed by atoms with E-state index in [0.717, 1.165) is 36.5 Å². The highest BCUT2D eigenvalue weighted by atomic mass is 16.5. The number of hydrogen-bond donors (Lipinski definition) is 0. The van der Waals surface area contributed by atoms with Gasteiger partial charge in [-0.3, -0.25) is 0 Å². The minimum atomic E-state index is 0.760. The van der Waals surface area contributed by atoms with Crippen LogP contribution in [0.15, 0.2) is 42.5 Å². The van der Waals surface area contributed by atoms with Crippen molar-refractivity contribution in [1.29, 1.82) is 0 Å². The fourth-order valence-corrected chi connectivity index (χ4v) is 5.40. The first kappa shape index (κ1) is 24.1. The number of benzene rings is 1. The maximum atomic E-state index is 5.80. The minimum Gasteiger partial charge on any atom is -0.494 e. The van der Waals surface area contributed by atoms with Crippen LogP contribution in [0.25, 0.3) is 5.57 Å². The van der Waals surface area contributed by atoms with E-state index in [1.54, 1.807) is 0 Å². The standard InChI is InChI=1S/C30H46O/c1-3-5-7-8-9-10-11-25-12-14-26(15-13-25)27-16-18-28(19-17-27)29-20-22-30(23-21-29)31-24-6-4-2/h16,18-23,25-27H,3-15,17,24H2,1-2H3/t25-,26-,27?. The summed E-state index contributed by atoms with van der Waals surface area (Å²) in [5.74, 6) is 3.67. The van der Waals surface area contributed by atoms with Crippen molar-refractivity contribution in [3.8, 4) is 5.75 Å². The van der Waals surface area contributed by atoms with E-state index in [1.807, 2.05) is 0 Å². The van der Waals surface area contributed by atoms with E-state index in [2.05, 4.69) is 56.3 Å². The van der Waals surface area contributed by atoms with Crippen LogP contribution in [0, 0.1) is 17.8 Å². The van der Waals surface area contributed by atoms with Crippen molar-refractivity contribution in [2.75, 3.05) is 6.61 Å². The average molecular weight is 423 g/mol. The molecule has 0 radical (unpaired) electrons. The molecular weight excluding hydrogens is 376 g/mol. The van der Waals surface area contributed by atoms with E-state index in [4.69, 9.17) is 4.74 Å². The summed E-state index contributed by atoms with van der Waals surface area (Å²) in [5.41, 5.74) is 2.70. The van der Waals surface area contributed by atoms with E-state index in [0.29, 0.717) is 0 Å². The Morgan fingerprint density at radius 2 is 1.52 bits per heavy atom. The Kier molecular flexibility index (Phi) is 10.8. The second-order valence-corrected chi connectivity index (χ2v) is 9.98. The highest BCUT2D eigenvalue weighted by molar-refractivity contribution is 5.75. The van der Waals surface area contributed by atoms with Crippen LogP contribution < -0.4 is 4.74 Å². The lowest BCUT2D eigenvalue weighted by Gasteiger charge is -2.33. The van der Waals surface area contributed by atoms with Gasteiger partial charge in [0.2, 0.25) is 0 Å². The zero-order chi connectivity index (χ0) is 21.7. The molecule has 2 aliphatic carbocycles. The highest BCUT2D eigenvalue weighted by Crippen LogP contribution is 2.39. The molecule has 0 aromatic heterocycles. The van der Waals surface area contributed by atoms with Gasteiger partial charge in [0.05, 0.1) is 6.61 Å². The molecule has 1 unspecified atom stereocenters. The van der Waals surface area contributed by atoms with Crippen molar-refractivity contribution in [2.45, 2.75) is 104 Å². The average Bonchev–Trinajstić information content (AvgIpc) is 2.82. The molecule has 1 fully saturated rings. The monoisotopic (exact) mass is 422 g/mol. The van der Waals surface area contributed by atoms with Gasteiger partial charge in [-0.25, -0.2) is 0 Å². The third-order valence-corrected chi connectivity index (χ3v) is 7.55. The second-order valence-electron chi connectivity index (χ2n) is 9.98. The van der Waals surface area contributed by atoms with Crippen molar-refractivity contribution < 1.29 is 4.74 Å². The van der Waals surface area contributed by atoms with Gasteiger partial charge >= 0.3 is 0 Å². The SMILES string of the molecule is CCCCCCCC[C@H]1CC[C@H](C2C=CC(c3ccc(OCCCC)cc3)=CC2)CC1. The molecule has 0 aliphatic heterocycles. The molecule has 172 valence electrons. The Hall–Kier alpha value is -1.50. The first-order valence-electron chi connectivity index (χ1n) is 13.4. The maximum Gasteiger partial charge on any atom is 0.119 e. The van der Waals surface area contributed by atoms with Crippen LogP contribution in [0.3, 0.4) is 0 Å². The van der Waals surface area contributed by atoms with Gasteiger partial charge in [-0.1, -0.05) is 108 Å². The summed E-state index contributed by atoms with van der Waals surface area (Å²) in [6.07, 6.45) is 26.8. The Morgan fingerprint density at radius 3 is 2.19 bits per heavy atom. The molecule has 1 aromatic rings. The molecule has 2 aliphatic rings. The van der Waals surface area contributed by atoms with Crippen LogP contribution >= 0.6 is 0 Å². The van der Waals surface area contributed by atoms with Crippen LogP contribution in [0.1, 0.15) is 109 Å². The Bertz CT molecular complexity index is 660. The molecule has 31 heavy (non-hydrogen) atoms. The fraction of sp³-hybridized carbons (Fsp3) is 0.667. The summed E-state index contributed by atoms with van der Waals surface area (Å²) >= 11 is 0. The summed E-state index contributed by atoms with van der Waals surface area (Å²) in [5, 5.41) is 0. The molecule has 0 N–H and O–H groups in total. The van der Waals surface area contributed by atoms with Crippen LogP contribution in [0.4, 0.5) is 0 Å². The van der Waals surface area contributed by atoms with Crippen LogP contribution in [-0.2, 0) is 0 Å². The molecule has 0 amide bonds. The van der Waals surface area contributed by atoms with Gasteiger partial charge in [-0.15, -0.1) is 0 Å². The Labute approximate surface area is 192 Å². The molecule has 1 heteroatoms. The zero-order valence-corrected chi connectivity index (χ0v) is 20.3. The van der Waals surface area contributed by atoms with Crippen molar-refractivity contribution in [3.05, 3.63) is 48.1 Å². The predicted molar refractivity (Wildman–Crippen MR) is 136 cm³/mol. The van der Waals surface area contributed by atoms with E-state index in [1.165, 1.54) is 94.6 Å². The molecule has 0 spiro atoms. The number of hydrogen-bond acceptors (Lipinski definition) is 1. The third kappa shape index (κ3) is 8.17. The van der Waals surface area contributed by atoms with Gasteiger partial charge in [0.25, 0.3) is 0 Å². The smallest absolute Gasteiger partial charge is 0.119 e. The zero-order valence-electron chi connectivity index (χ0n) is 20.3. The van der Waals surface area contributed by atoms with E-state index >= 15 is 0 Å². The molecule has 1 saturated carbocycles. The van der Waals surface area contributed by atoms with Gasteiger partial charge in [0.1, 0.15) is 5.75 Å². The lowest BCUT2D eigenvalue weighted by Crippen LogP contribution is -2.21. The van der Waals surface area contributed by atoms with Gasteiger partial charge in [0.15, 0.2) is 0 Å². The molecule has 1 nitrogen and oxygen atoms in total. The van der Waals surface area contributed by atoms with Crippen molar-refractivity contribution in [3.63, 3.8) is 0 Å². The topological polar surface area (TPSA) is 9.23 Å². The summed E-state index contributed by atoms with van der Waals surface area (Å²) < 4.78 is 5.80. The van der Waals surface area contributed by atoms with Gasteiger partial charge in [-0.05, 0) is 66.7 Å². The van der Waals surface area contributed by atoms with Crippen molar-refractivity contribution >= 4 is 5.57 Å². The summed E-state index contributed by atoms with van der Waals surface area (Å²) in [6.45, 7) is 5.32. The van der Waals surface area contributed by atoms with Crippen molar-refractivity contribution in [1.82, 2.24) is 0 Å². The molecular formula is C30H46O. The van der Waals surface area contributed by atoms with Gasteiger partial charge in [0, 0.05) is 0 Å². The summed E-state index contributed by atoms with van der Waals surface area (Å²) in [6, 6.07) is 8.67. The fourth-order valence-electron chi connectivity index (χ4n) is 5.40. The third-order valence-electron chi connectivity index (χ3n) is 7.55. The number of rotatable bonds is 13. The van der Waals surface area contributed by atoms with Gasteiger partial charge in [-0.2, -0.15) is 0 Å². The quantitative estimate of drug-likeness (QED) is 0.288. The first-order valence-corrected chi connectivity index (χ1v) is 13.4. The second kappa shape index (κ2) is 13.8. The summed E-state index contributed by atoms with van der Waals surface area (Å²) in [7, 11) is 0.